The smallest absolute Gasteiger partial charge is 0.274 e. The molecule has 0 aromatic heterocycles. The Morgan fingerprint density at radius 2 is 1.50 bits per heavy atom. The number of hydrazine groups is 1. The third kappa shape index (κ3) is 3.88. The van der Waals surface area contributed by atoms with Gasteiger partial charge in [-0.05, 0) is 53.6 Å². The minimum absolute atomic E-state index is 0.179. The van der Waals surface area contributed by atoms with Crippen molar-refractivity contribution in [1.29, 1.82) is 0 Å². The predicted molar refractivity (Wildman–Crippen MR) is 120 cm³/mol. The molecule has 1 aliphatic rings. The van der Waals surface area contributed by atoms with Crippen LogP contribution in [0.5, 0.6) is 0 Å². The van der Waals surface area contributed by atoms with E-state index in [0.29, 0.717) is 10.6 Å². The van der Waals surface area contributed by atoms with Gasteiger partial charge in [0.05, 0.1) is 22.3 Å². The molecular formula is C22H15Br2ClN2O. The predicted octanol–water partition coefficient (Wildman–Crippen LogP) is 6.61. The van der Waals surface area contributed by atoms with E-state index in [-0.39, 0.29) is 11.9 Å². The molecule has 1 heterocycles. The van der Waals surface area contributed by atoms with Gasteiger partial charge >= 0.3 is 0 Å². The fraction of sp³-hybridized carbons (Fsp3) is 0.0455. The highest BCUT2D eigenvalue weighted by Gasteiger charge is 2.32. The van der Waals surface area contributed by atoms with E-state index in [1.54, 1.807) is 17.1 Å². The Bertz CT molecular complexity index is 1050. The molecule has 0 unspecified atom stereocenters. The lowest BCUT2D eigenvalue weighted by molar-refractivity contribution is 0.0672. The zero-order valence-electron chi connectivity index (χ0n) is 14.6. The summed E-state index contributed by atoms with van der Waals surface area (Å²) in [7, 11) is 0. The van der Waals surface area contributed by atoms with Gasteiger partial charge < -0.3 is 0 Å². The van der Waals surface area contributed by atoms with Crippen LogP contribution in [0.15, 0.2) is 87.8 Å². The summed E-state index contributed by atoms with van der Waals surface area (Å²) in [4.78, 5) is 13.3. The van der Waals surface area contributed by atoms with Gasteiger partial charge in [0.2, 0.25) is 0 Å². The maximum Gasteiger partial charge on any atom is 0.274 e. The molecule has 0 bridgehead atoms. The van der Waals surface area contributed by atoms with E-state index in [2.05, 4.69) is 43.4 Å². The van der Waals surface area contributed by atoms with Gasteiger partial charge in [-0.15, -0.1) is 0 Å². The van der Waals surface area contributed by atoms with E-state index in [9.17, 15) is 4.79 Å². The quantitative estimate of drug-likeness (QED) is 0.423. The van der Waals surface area contributed by atoms with Crippen LogP contribution in [0.2, 0.25) is 5.02 Å². The lowest BCUT2D eigenvalue weighted by atomic mass is 10.0. The second-order valence-corrected chi connectivity index (χ2v) is 8.59. The minimum atomic E-state index is -0.254. The van der Waals surface area contributed by atoms with E-state index in [1.807, 2.05) is 60.7 Å². The molecule has 0 saturated heterocycles. The lowest BCUT2D eigenvalue weighted by Gasteiger charge is -2.26. The standard InChI is InChI=1S/C22H15Br2ClN2O/c23-16-9-5-14(6-10-16)20-13-21(15-7-11-17(24)12-8-15)27(26-20)22(28)18-3-1-2-4-19(18)25/h1-13,21,26H/t21-/m1/s1. The Balaban J connectivity index is 1.74. The summed E-state index contributed by atoms with van der Waals surface area (Å²) in [6.07, 6.45) is 2.06. The molecule has 6 heteroatoms. The summed E-state index contributed by atoms with van der Waals surface area (Å²) in [6.45, 7) is 0. The fourth-order valence-corrected chi connectivity index (χ4v) is 3.85. The Hall–Kier alpha value is -2.08. The van der Waals surface area contributed by atoms with Gasteiger partial charge in [-0.1, -0.05) is 79.9 Å². The first kappa shape index (κ1) is 19.2. The SMILES string of the molecule is O=C(c1ccccc1Cl)N1NC(c2ccc(Br)cc2)=C[C@@H]1c1ccc(Br)cc1. The zero-order valence-corrected chi connectivity index (χ0v) is 18.5. The molecule has 0 saturated carbocycles. The van der Waals surface area contributed by atoms with E-state index >= 15 is 0 Å². The molecule has 1 N–H and O–H groups in total. The average molecular weight is 519 g/mol. The Kier molecular flexibility index (Phi) is 5.58. The van der Waals surface area contributed by atoms with Crippen molar-refractivity contribution in [3.63, 3.8) is 0 Å². The number of benzene rings is 3. The van der Waals surface area contributed by atoms with Crippen molar-refractivity contribution in [1.82, 2.24) is 10.4 Å². The Morgan fingerprint density at radius 1 is 0.893 bits per heavy atom. The zero-order chi connectivity index (χ0) is 19.7. The molecule has 0 fully saturated rings. The highest BCUT2D eigenvalue weighted by Crippen LogP contribution is 2.34. The maximum absolute atomic E-state index is 13.3. The third-order valence-corrected chi connectivity index (χ3v) is 5.92. The molecule has 3 aromatic rings. The van der Waals surface area contributed by atoms with Gasteiger partial charge in [-0.25, -0.2) is 5.01 Å². The van der Waals surface area contributed by atoms with Crippen LogP contribution < -0.4 is 5.43 Å². The number of nitrogens with one attached hydrogen (secondary N) is 1. The van der Waals surface area contributed by atoms with Crippen molar-refractivity contribution in [2.75, 3.05) is 0 Å². The number of carbonyl (C=O) groups excluding carboxylic acids is 1. The van der Waals surface area contributed by atoms with Gasteiger partial charge in [0.25, 0.3) is 5.91 Å². The first-order chi connectivity index (χ1) is 13.5. The molecule has 1 aliphatic heterocycles. The van der Waals surface area contributed by atoms with Crippen LogP contribution in [-0.4, -0.2) is 10.9 Å². The molecule has 0 aliphatic carbocycles. The number of nitrogens with zero attached hydrogens (tertiary/aromatic N) is 1. The van der Waals surface area contributed by atoms with E-state index in [0.717, 1.165) is 25.8 Å². The number of rotatable bonds is 3. The van der Waals surface area contributed by atoms with Gasteiger partial charge in [-0.3, -0.25) is 10.2 Å². The Labute approximate surface area is 185 Å². The maximum atomic E-state index is 13.3. The van der Waals surface area contributed by atoms with Crippen molar-refractivity contribution in [3.8, 4) is 0 Å². The van der Waals surface area contributed by atoms with Gasteiger partial charge in [0.1, 0.15) is 0 Å². The van der Waals surface area contributed by atoms with Crippen molar-refractivity contribution in [2.24, 2.45) is 0 Å². The summed E-state index contributed by atoms with van der Waals surface area (Å²) in [5.74, 6) is -0.179. The van der Waals surface area contributed by atoms with Crippen LogP contribution in [0.3, 0.4) is 0 Å². The Morgan fingerprint density at radius 3 is 2.14 bits per heavy atom. The molecule has 28 heavy (non-hydrogen) atoms. The minimum Gasteiger partial charge on any atom is -0.295 e. The normalized spacial score (nSPS) is 15.9. The van der Waals surface area contributed by atoms with E-state index in [1.165, 1.54) is 0 Å². The topological polar surface area (TPSA) is 32.3 Å². The van der Waals surface area contributed by atoms with Crippen molar-refractivity contribution < 1.29 is 4.79 Å². The first-order valence-corrected chi connectivity index (χ1v) is 10.6. The summed E-state index contributed by atoms with van der Waals surface area (Å²) in [5, 5.41) is 2.06. The van der Waals surface area contributed by atoms with Gasteiger partial charge in [0.15, 0.2) is 0 Å². The van der Waals surface area contributed by atoms with E-state index < -0.39 is 0 Å². The van der Waals surface area contributed by atoms with Crippen LogP contribution in [0.25, 0.3) is 5.70 Å². The van der Waals surface area contributed by atoms with Crippen molar-refractivity contribution >= 4 is 55.1 Å². The monoisotopic (exact) mass is 516 g/mol. The summed E-state index contributed by atoms with van der Waals surface area (Å²) in [6, 6.07) is 22.8. The number of hydrogen-bond acceptors (Lipinski definition) is 2. The highest BCUT2D eigenvalue weighted by molar-refractivity contribution is 9.10. The molecule has 3 nitrogen and oxygen atoms in total. The van der Waals surface area contributed by atoms with Crippen LogP contribution >= 0.6 is 43.5 Å². The van der Waals surface area contributed by atoms with Crippen molar-refractivity contribution in [3.05, 3.63) is 110 Å². The second kappa shape index (κ2) is 8.11. The molecular weight excluding hydrogens is 504 g/mol. The highest BCUT2D eigenvalue weighted by atomic mass is 79.9. The number of carbonyl (C=O) groups is 1. The molecule has 140 valence electrons. The third-order valence-electron chi connectivity index (χ3n) is 4.53. The van der Waals surface area contributed by atoms with Crippen LogP contribution in [-0.2, 0) is 0 Å². The largest absolute Gasteiger partial charge is 0.295 e. The summed E-state index contributed by atoms with van der Waals surface area (Å²) < 4.78 is 1.99. The molecule has 1 atom stereocenters. The molecule has 3 aromatic carbocycles. The summed E-state index contributed by atoms with van der Waals surface area (Å²) >= 11 is 13.2. The molecule has 0 radical (unpaired) electrons. The number of hydrogen-bond donors (Lipinski definition) is 1. The van der Waals surface area contributed by atoms with Gasteiger partial charge in [-0.2, -0.15) is 0 Å². The number of amides is 1. The fourth-order valence-electron chi connectivity index (χ4n) is 3.11. The lowest BCUT2D eigenvalue weighted by Crippen LogP contribution is -2.39. The second-order valence-electron chi connectivity index (χ2n) is 6.35. The van der Waals surface area contributed by atoms with Gasteiger partial charge in [0, 0.05) is 8.95 Å². The molecule has 4 rings (SSSR count). The van der Waals surface area contributed by atoms with Crippen LogP contribution in [0, 0.1) is 0 Å². The van der Waals surface area contributed by atoms with Crippen LogP contribution in [0.4, 0.5) is 0 Å². The molecule has 0 spiro atoms. The first-order valence-electron chi connectivity index (χ1n) is 8.61. The van der Waals surface area contributed by atoms with Crippen LogP contribution in [0.1, 0.15) is 27.5 Å². The average Bonchev–Trinajstić information content (AvgIpc) is 3.14. The molecule has 1 amide bonds. The van der Waals surface area contributed by atoms with Crippen molar-refractivity contribution in [2.45, 2.75) is 6.04 Å². The summed E-state index contributed by atoms with van der Waals surface area (Å²) in [5.41, 5.74) is 6.62. The van der Waals surface area contributed by atoms with E-state index in [4.69, 9.17) is 11.6 Å². The number of halogens is 3.